The Labute approximate surface area is 96.9 Å². The minimum Gasteiger partial charge on any atom is -0.334 e. The third-order valence-electron chi connectivity index (χ3n) is 3.09. The molecule has 0 bridgehead atoms. The summed E-state index contributed by atoms with van der Waals surface area (Å²) in [4.78, 5) is 8.85. The van der Waals surface area contributed by atoms with Gasteiger partial charge in [0.1, 0.15) is 5.69 Å². The van der Waals surface area contributed by atoms with E-state index >= 15 is 0 Å². The molecule has 2 heterocycles. The first kappa shape index (κ1) is 11.1. The molecule has 0 unspecified atom stereocenters. The van der Waals surface area contributed by atoms with E-state index in [0.29, 0.717) is 0 Å². The van der Waals surface area contributed by atoms with Crippen molar-refractivity contribution in [3.05, 3.63) is 29.9 Å². The maximum absolute atomic E-state index is 4.48. The topological polar surface area (TPSA) is 30.2 Å². The van der Waals surface area contributed by atoms with Crippen LogP contribution in [-0.4, -0.2) is 22.3 Å². The highest BCUT2D eigenvalue weighted by Crippen LogP contribution is 2.21. The normalized spacial score (nSPS) is 15.2. The first-order valence-corrected chi connectivity index (χ1v) is 5.97. The molecule has 1 aliphatic heterocycles. The molecule has 1 aliphatic rings. The Bertz CT molecular complexity index is 426. The van der Waals surface area contributed by atoms with Crippen LogP contribution in [0.3, 0.4) is 0 Å². The minimum atomic E-state index is 0.998. The highest BCUT2D eigenvalue weighted by atomic mass is 15.1. The Kier molecular flexibility index (Phi) is 3.22. The van der Waals surface area contributed by atoms with Gasteiger partial charge >= 0.3 is 0 Å². The molecule has 0 amide bonds. The van der Waals surface area contributed by atoms with Gasteiger partial charge in [-0.15, -0.1) is 0 Å². The number of rotatable bonds is 4. The monoisotopic (exact) mass is 217 g/mol. The van der Waals surface area contributed by atoms with E-state index in [1.807, 2.05) is 13.4 Å². The van der Waals surface area contributed by atoms with Crippen LogP contribution in [0.5, 0.6) is 0 Å². The lowest BCUT2D eigenvalue weighted by Crippen LogP contribution is -2.08. The number of fused-ring (bicyclic) bond motifs is 1. The largest absolute Gasteiger partial charge is 0.334 e. The third kappa shape index (κ3) is 1.82. The number of nitrogens with zero attached hydrogens (tertiary/aromatic N) is 3. The predicted molar refractivity (Wildman–Crippen MR) is 67.1 cm³/mol. The predicted octanol–water partition coefficient (Wildman–Crippen LogP) is 2.60. The summed E-state index contributed by atoms with van der Waals surface area (Å²) in [5, 5.41) is 0. The quantitative estimate of drug-likeness (QED) is 0.713. The van der Waals surface area contributed by atoms with Crippen molar-refractivity contribution in [2.24, 2.45) is 4.99 Å². The molecule has 3 nitrogen and oxygen atoms in total. The van der Waals surface area contributed by atoms with Gasteiger partial charge in [0.2, 0.25) is 0 Å². The fourth-order valence-corrected chi connectivity index (χ4v) is 2.33. The molecule has 0 saturated carbocycles. The lowest BCUT2D eigenvalue weighted by molar-refractivity contribution is 0.741. The molecule has 0 aromatic carbocycles. The van der Waals surface area contributed by atoms with Gasteiger partial charge in [-0.1, -0.05) is 19.9 Å². The molecule has 16 heavy (non-hydrogen) atoms. The van der Waals surface area contributed by atoms with Gasteiger partial charge < -0.3 is 4.57 Å². The standard InChI is InChI=1S/C13H19N3/c1-4-6-10(2)12(14-3)13-11-7-5-8-16(11)9-15-13/h9H,2,4-8H2,1,3H3/b14-12-. The molecule has 0 saturated heterocycles. The number of hydrogen-bond donors (Lipinski definition) is 0. The van der Waals surface area contributed by atoms with Crippen LogP contribution in [0.25, 0.3) is 0 Å². The van der Waals surface area contributed by atoms with Gasteiger partial charge in [0.05, 0.1) is 12.0 Å². The summed E-state index contributed by atoms with van der Waals surface area (Å²) in [6, 6.07) is 0. The molecule has 1 aromatic rings. The average molecular weight is 217 g/mol. The lowest BCUT2D eigenvalue weighted by Gasteiger charge is -2.07. The molecule has 1 aromatic heterocycles. The summed E-state index contributed by atoms with van der Waals surface area (Å²) in [7, 11) is 1.83. The summed E-state index contributed by atoms with van der Waals surface area (Å²) in [5.74, 6) is 0. The van der Waals surface area contributed by atoms with Crippen LogP contribution in [-0.2, 0) is 13.0 Å². The zero-order valence-corrected chi connectivity index (χ0v) is 10.2. The van der Waals surface area contributed by atoms with Crippen molar-refractivity contribution in [1.82, 2.24) is 9.55 Å². The Balaban J connectivity index is 2.31. The molecule has 0 atom stereocenters. The van der Waals surface area contributed by atoms with Crippen molar-refractivity contribution in [1.29, 1.82) is 0 Å². The molecule has 0 aliphatic carbocycles. The van der Waals surface area contributed by atoms with Gasteiger partial charge in [-0.3, -0.25) is 4.99 Å². The van der Waals surface area contributed by atoms with Crippen LogP contribution in [0, 0.1) is 0 Å². The highest BCUT2D eigenvalue weighted by molar-refractivity contribution is 6.11. The van der Waals surface area contributed by atoms with Gasteiger partial charge in [-0.2, -0.15) is 0 Å². The van der Waals surface area contributed by atoms with E-state index in [4.69, 9.17) is 0 Å². The van der Waals surface area contributed by atoms with Crippen LogP contribution < -0.4 is 0 Å². The molecule has 3 heteroatoms. The maximum atomic E-state index is 4.48. The summed E-state index contributed by atoms with van der Waals surface area (Å²) >= 11 is 0. The van der Waals surface area contributed by atoms with Crippen LogP contribution in [0.1, 0.15) is 37.6 Å². The number of imidazole rings is 1. The van der Waals surface area contributed by atoms with E-state index < -0.39 is 0 Å². The zero-order valence-electron chi connectivity index (χ0n) is 10.2. The summed E-state index contributed by atoms with van der Waals surface area (Å²) in [6.07, 6.45) is 6.38. The second-order valence-electron chi connectivity index (χ2n) is 4.26. The molecule has 0 N–H and O–H groups in total. The zero-order chi connectivity index (χ0) is 11.5. The smallest absolute Gasteiger partial charge is 0.110 e. The fraction of sp³-hybridized carbons (Fsp3) is 0.538. The van der Waals surface area contributed by atoms with E-state index in [0.717, 1.165) is 42.8 Å². The number of allylic oxidation sites excluding steroid dienone is 1. The third-order valence-corrected chi connectivity index (χ3v) is 3.09. The van der Waals surface area contributed by atoms with Crippen molar-refractivity contribution in [2.75, 3.05) is 7.05 Å². The molecular formula is C13H19N3. The summed E-state index contributed by atoms with van der Waals surface area (Å²) < 4.78 is 2.24. The van der Waals surface area contributed by atoms with Gasteiger partial charge in [0.25, 0.3) is 0 Å². The van der Waals surface area contributed by atoms with Crippen LogP contribution in [0.15, 0.2) is 23.5 Å². The minimum absolute atomic E-state index is 0.998. The average Bonchev–Trinajstić information content (AvgIpc) is 2.83. The number of aliphatic imine (C=N–C) groups is 1. The second-order valence-corrected chi connectivity index (χ2v) is 4.26. The van der Waals surface area contributed by atoms with Crippen molar-refractivity contribution in [3.8, 4) is 0 Å². The van der Waals surface area contributed by atoms with Crippen molar-refractivity contribution in [3.63, 3.8) is 0 Å². The Hall–Kier alpha value is -1.38. The van der Waals surface area contributed by atoms with Gasteiger partial charge in [-0.05, 0) is 24.8 Å². The number of aryl methyl sites for hydroxylation is 1. The van der Waals surface area contributed by atoms with Crippen molar-refractivity contribution >= 4 is 5.71 Å². The van der Waals surface area contributed by atoms with Crippen LogP contribution >= 0.6 is 0 Å². The summed E-state index contributed by atoms with van der Waals surface area (Å²) in [5.41, 5.74) is 4.49. The highest BCUT2D eigenvalue weighted by Gasteiger charge is 2.20. The molecule has 0 fully saturated rings. The first-order valence-electron chi connectivity index (χ1n) is 5.97. The molecular weight excluding hydrogens is 198 g/mol. The van der Waals surface area contributed by atoms with Crippen molar-refractivity contribution < 1.29 is 0 Å². The maximum Gasteiger partial charge on any atom is 0.110 e. The van der Waals surface area contributed by atoms with Gasteiger partial charge in [0, 0.05) is 19.3 Å². The fourth-order valence-electron chi connectivity index (χ4n) is 2.33. The summed E-state index contributed by atoms with van der Waals surface area (Å²) in [6.45, 7) is 7.38. The second kappa shape index (κ2) is 4.64. The van der Waals surface area contributed by atoms with Gasteiger partial charge in [0.15, 0.2) is 0 Å². The van der Waals surface area contributed by atoms with Crippen molar-refractivity contribution in [2.45, 2.75) is 39.2 Å². The Morgan fingerprint density at radius 3 is 3.12 bits per heavy atom. The Morgan fingerprint density at radius 2 is 2.44 bits per heavy atom. The Morgan fingerprint density at radius 1 is 1.62 bits per heavy atom. The lowest BCUT2D eigenvalue weighted by atomic mass is 10.0. The van der Waals surface area contributed by atoms with E-state index in [2.05, 4.69) is 28.0 Å². The van der Waals surface area contributed by atoms with E-state index in [1.54, 1.807) is 0 Å². The van der Waals surface area contributed by atoms with E-state index in [1.165, 1.54) is 12.1 Å². The van der Waals surface area contributed by atoms with E-state index in [-0.39, 0.29) is 0 Å². The molecule has 86 valence electrons. The number of hydrogen-bond acceptors (Lipinski definition) is 2. The SMILES string of the molecule is C=C(CCC)/C(=N/C)c1ncn2c1CCC2. The van der Waals surface area contributed by atoms with Crippen LogP contribution in [0.4, 0.5) is 0 Å². The first-order chi connectivity index (χ1) is 7.77. The molecule has 0 spiro atoms. The van der Waals surface area contributed by atoms with E-state index in [9.17, 15) is 0 Å². The van der Waals surface area contributed by atoms with Gasteiger partial charge in [-0.25, -0.2) is 4.98 Å². The number of aromatic nitrogens is 2. The molecule has 2 rings (SSSR count). The van der Waals surface area contributed by atoms with Crippen LogP contribution in [0.2, 0.25) is 0 Å². The molecule has 0 radical (unpaired) electrons.